The standard InChI is InChI=1S/C21H15N3O4S/c1-13-5-7-14(8-6-13)17-11-29-20-19(17)21(26)23(12-22-20)10-18(25)15-3-2-4-16(9-15)24(27)28/h2-9,11-12H,10H2,1H3. The Morgan fingerprint density at radius 3 is 2.69 bits per heavy atom. The molecule has 0 saturated heterocycles. The van der Waals surface area contributed by atoms with Crippen molar-refractivity contribution < 1.29 is 9.72 Å². The minimum Gasteiger partial charge on any atom is -0.292 e. The Morgan fingerprint density at radius 1 is 1.21 bits per heavy atom. The van der Waals surface area contributed by atoms with Crippen molar-refractivity contribution in [2.24, 2.45) is 0 Å². The van der Waals surface area contributed by atoms with Gasteiger partial charge in [-0.15, -0.1) is 11.3 Å². The lowest BCUT2D eigenvalue weighted by molar-refractivity contribution is -0.384. The molecule has 0 bridgehead atoms. The molecule has 0 fully saturated rings. The third-order valence-electron chi connectivity index (χ3n) is 4.62. The Bertz CT molecular complexity index is 1310. The number of rotatable bonds is 5. The van der Waals surface area contributed by atoms with E-state index < -0.39 is 10.7 Å². The highest BCUT2D eigenvalue weighted by Crippen LogP contribution is 2.30. The van der Waals surface area contributed by atoms with E-state index in [2.05, 4.69) is 4.98 Å². The summed E-state index contributed by atoms with van der Waals surface area (Å²) < 4.78 is 1.24. The molecular formula is C21H15N3O4S. The highest BCUT2D eigenvalue weighted by Gasteiger charge is 2.16. The van der Waals surface area contributed by atoms with E-state index in [1.165, 1.54) is 46.5 Å². The molecule has 7 nitrogen and oxygen atoms in total. The van der Waals surface area contributed by atoms with E-state index in [4.69, 9.17) is 0 Å². The molecule has 0 N–H and O–H groups in total. The molecule has 2 aromatic carbocycles. The number of nitro benzene ring substituents is 1. The van der Waals surface area contributed by atoms with Crippen LogP contribution in [0.1, 0.15) is 15.9 Å². The van der Waals surface area contributed by atoms with Gasteiger partial charge in [0.25, 0.3) is 11.2 Å². The van der Waals surface area contributed by atoms with Gasteiger partial charge in [0.15, 0.2) is 5.78 Å². The van der Waals surface area contributed by atoms with Gasteiger partial charge in [0.05, 0.1) is 23.2 Å². The number of ketones is 1. The highest BCUT2D eigenvalue weighted by atomic mass is 32.1. The molecule has 2 aromatic heterocycles. The van der Waals surface area contributed by atoms with Crippen LogP contribution >= 0.6 is 11.3 Å². The maximum atomic E-state index is 13.1. The van der Waals surface area contributed by atoms with E-state index in [0.717, 1.165) is 16.7 Å². The van der Waals surface area contributed by atoms with Crippen LogP contribution in [0.5, 0.6) is 0 Å². The zero-order valence-corrected chi connectivity index (χ0v) is 16.2. The highest BCUT2D eigenvalue weighted by molar-refractivity contribution is 7.17. The number of non-ortho nitro benzene ring substituents is 1. The summed E-state index contributed by atoms with van der Waals surface area (Å²) >= 11 is 1.37. The van der Waals surface area contributed by atoms with Gasteiger partial charge in [-0.2, -0.15) is 0 Å². The Labute approximate surface area is 169 Å². The van der Waals surface area contributed by atoms with Crippen LogP contribution in [0.2, 0.25) is 0 Å². The van der Waals surface area contributed by atoms with Crippen LogP contribution in [0.25, 0.3) is 21.3 Å². The molecule has 0 unspecified atom stereocenters. The van der Waals surface area contributed by atoms with Crippen LogP contribution in [-0.4, -0.2) is 20.3 Å². The number of fused-ring (bicyclic) bond motifs is 1. The molecule has 29 heavy (non-hydrogen) atoms. The first-order chi connectivity index (χ1) is 13.9. The fourth-order valence-electron chi connectivity index (χ4n) is 3.06. The predicted molar refractivity (Wildman–Crippen MR) is 111 cm³/mol. The fourth-order valence-corrected chi connectivity index (χ4v) is 3.97. The van der Waals surface area contributed by atoms with Crippen LogP contribution in [0, 0.1) is 17.0 Å². The Morgan fingerprint density at radius 2 is 1.97 bits per heavy atom. The van der Waals surface area contributed by atoms with Gasteiger partial charge in [-0.25, -0.2) is 4.98 Å². The first-order valence-electron chi connectivity index (χ1n) is 8.75. The van der Waals surface area contributed by atoms with Crippen molar-refractivity contribution >= 4 is 33.0 Å². The third-order valence-corrected chi connectivity index (χ3v) is 5.50. The van der Waals surface area contributed by atoms with E-state index in [1.807, 2.05) is 36.6 Å². The number of Topliss-reactive ketones (excluding diaryl/α,β-unsaturated/α-hetero) is 1. The van der Waals surface area contributed by atoms with E-state index in [0.29, 0.717) is 10.2 Å². The summed E-state index contributed by atoms with van der Waals surface area (Å²) in [6, 6.07) is 13.3. The van der Waals surface area contributed by atoms with Gasteiger partial charge >= 0.3 is 0 Å². The molecule has 0 aliphatic carbocycles. The fraction of sp³-hybridized carbons (Fsp3) is 0.0952. The number of aromatic nitrogens is 2. The number of nitrogens with zero attached hydrogens (tertiary/aromatic N) is 3. The molecule has 144 valence electrons. The topological polar surface area (TPSA) is 95.1 Å². The Hall–Kier alpha value is -3.65. The molecule has 8 heteroatoms. The van der Waals surface area contributed by atoms with E-state index in [-0.39, 0.29) is 23.4 Å². The van der Waals surface area contributed by atoms with E-state index in [1.54, 1.807) is 0 Å². The average Bonchev–Trinajstić information content (AvgIpc) is 3.15. The zero-order valence-electron chi connectivity index (χ0n) is 15.4. The Kier molecular flexibility index (Phi) is 4.77. The zero-order chi connectivity index (χ0) is 20.5. The number of nitro groups is 1. The predicted octanol–water partition coefficient (Wildman–Crippen LogP) is 4.22. The average molecular weight is 405 g/mol. The van der Waals surface area contributed by atoms with Crippen molar-refractivity contribution in [3.63, 3.8) is 0 Å². The van der Waals surface area contributed by atoms with Gasteiger partial charge in [-0.3, -0.25) is 24.3 Å². The summed E-state index contributed by atoms with van der Waals surface area (Å²) in [7, 11) is 0. The van der Waals surface area contributed by atoms with Crippen molar-refractivity contribution in [3.8, 4) is 11.1 Å². The van der Waals surface area contributed by atoms with Gasteiger partial charge in [0.1, 0.15) is 4.83 Å². The summed E-state index contributed by atoms with van der Waals surface area (Å²) in [6.07, 6.45) is 1.34. The second kappa shape index (κ2) is 7.40. The maximum absolute atomic E-state index is 13.1. The minimum atomic E-state index is -0.560. The van der Waals surface area contributed by atoms with Gasteiger partial charge in [-0.05, 0) is 12.5 Å². The first-order valence-corrected chi connectivity index (χ1v) is 9.63. The molecular weight excluding hydrogens is 390 g/mol. The molecule has 0 amide bonds. The maximum Gasteiger partial charge on any atom is 0.270 e. The molecule has 4 aromatic rings. The lowest BCUT2D eigenvalue weighted by Crippen LogP contribution is -2.24. The number of aryl methyl sites for hydroxylation is 1. The Balaban J connectivity index is 1.73. The van der Waals surface area contributed by atoms with Crippen LogP contribution < -0.4 is 5.56 Å². The van der Waals surface area contributed by atoms with Crippen molar-refractivity contribution in [1.82, 2.24) is 9.55 Å². The number of thiophene rings is 1. The third kappa shape index (κ3) is 3.57. The normalized spacial score (nSPS) is 10.9. The molecule has 0 saturated carbocycles. The number of hydrogen-bond donors (Lipinski definition) is 0. The van der Waals surface area contributed by atoms with Crippen molar-refractivity contribution in [2.45, 2.75) is 13.5 Å². The molecule has 0 radical (unpaired) electrons. The second-order valence-electron chi connectivity index (χ2n) is 6.60. The van der Waals surface area contributed by atoms with Crippen LogP contribution in [0.15, 0.2) is 65.0 Å². The molecule has 0 aliphatic heterocycles. The van der Waals surface area contributed by atoms with Crippen LogP contribution in [-0.2, 0) is 6.54 Å². The quantitative estimate of drug-likeness (QED) is 0.281. The van der Waals surface area contributed by atoms with Crippen LogP contribution in [0.3, 0.4) is 0 Å². The summed E-state index contributed by atoms with van der Waals surface area (Å²) in [6.45, 7) is 1.75. The number of carbonyl (C=O) groups is 1. The smallest absolute Gasteiger partial charge is 0.270 e. The van der Waals surface area contributed by atoms with Gasteiger partial charge < -0.3 is 0 Å². The van der Waals surface area contributed by atoms with Crippen molar-refractivity contribution in [3.05, 3.63) is 91.8 Å². The number of benzene rings is 2. The van der Waals surface area contributed by atoms with Gasteiger partial charge in [-0.1, -0.05) is 42.0 Å². The monoisotopic (exact) mass is 405 g/mol. The summed E-state index contributed by atoms with van der Waals surface area (Å²) in [4.78, 5) is 41.0. The van der Waals surface area contributed by atoms with Gasteiger partial charge in [0, 0.05) is 28.6 Å². The summed E-state index contributed by atoms with van der Waals surface area (Å²) in [5.74, 6) is -0.399. The molecule has 2 heterocycles. The summed E-state index contributed by atoms with van der Waals surface area (Å²) in [5.41, 5.74) is 2.49. The molecule has 0 atom stereocenters. The second-order valence-corrected chi connectivity index (χ2v) is 7.46. The lowest BCUT2D eigenvalue weighted by atomic mass is 10.0. The first kappa shape index (κ1) is 18.7. The van der Waals surface area contributed by atoms with Crippen molar-refractivity contribution in [2.75, 3.05) is 0 Å². The van der Waals surface area contributed by atoms with E-state index in [9.17, 15) is 19.7 Å². The number of hydrogen-bond acceptors (Lipinski definition) is 6. The lowest BCUT2D eigenvalue weighted by Gasteiger charge is -2.06. The van der Waals surface area contributed by atoms with E-state index >= 15 is 0 Å². The minimum absolute atomic E-state index is 0.170. The largest absolute Gasteiger partial charge is 0.292 e. The van der Waals surface area contributed by atoms with Crippen LogP contribution in [0.4, 0.5) is 5.69 Å². The summed E-state index contributed by atoms with van der Waals surface area (Å²) in [5, 5.41) is 13.3. The molecule has 4 rings (SSSR count). The molecule has 0 aliphatic rings. The van der Waals surface area contributed by atoms with Crippen molar-refractivity contribution in [1.29, 1.82) is 0 Å². The molecule has 0 spiro atoms. The van der Waals surface area contributed by atoms with Gasteiger partial charge in [0.2, 0.25) is 0 Å². The SMILES string of the molecule is Cc1ccc(-c2csc3ncn(CC(=O)c4cccc([N+](=O)[O-])c4)c(=O)c23)cc1. The number of carbonyl (C=O) groups excluding carboxylic acids is 1.